The molecule has 0 fully saturated rings. The predicted molar refractivity (Wildman–Crippen MR) is 167 cm³/mol. The van der Waals surface area contributed by atoms with Crippen molar-refractivity contribution in [3.63, 3.8) is 0 Å². The summed E-state index contributed by atoms with van der Waals surface area (Å²) in [6, 6.07) is 22.8. The summed E-state index contributed by atoms with van der Waals surface area (Å²) < 4.78 is 54.8. The van der Waals surface area contributed by atoms with Gasteiger partial charge in [-0.25, -0.2) is 4.79 Å². The number of halogens is 4. The highest BCUT2D eigenvalue weighted by Crippen LogP contribution is 2.31. The van der Waals surface area contributed by atoms with Gasteiger partial charge in [-0.3, -0.25) is 4.68 Å². The fourth-order valence-corrected chi connectivity index (χ4v) is 4.77. The Balaban J connectivity index is 1.58. The van der Waals surface area contributed by atoms with Gasteiger partial charge in [0.25, 0.3) is 0 Å². The second-order valence-electron chi connectivity index (χ2n) is 10.9. The number of benzene rings is 3. The number of ether oxygens (including phenoxy) is 3. The van der Waals surface area contributed by atoms with Crippen LogP contribution in [0.4, 0.5) is 13.2 Å². The van der Waals surface area contributed by atoms with E-state index in [1.165, 1.54) is 12.1 Å². The van der Waals surface area contributed by atoms with E-state index < -0.39 is 17.9 Å². The average molecular weight is 642 g/mol. The van der Waals surface area contributed by atoms with E-state index >= 15 is 0 Å². The maximum atomic E-state index is 12.7. The summed E-state index contributed by atoms with van der Waals surface area (Å²) >= 11 is 6.57. The molecule has 1 aromatic heterocycles. The zero-order valence-corrected chi connectivity index (χ0v) is 26.3. The Hall–Kier alpha value is -4.44. The molecule has 0 spiro atoms. The number of rotatable bonds is 13. The normalized spacial score (nSPS) is 11.6. The van der Waals surface area contributed by atoms with Crippen molar-refractivity contribution in [2.75, 3.05) is 6.61 Å². The van der Waals surface area contributed by atoms with Gasteiger partial charge in [-0.1, -0.05) is 54.6 Å². The number of alkyl halides is 3. The summed E-state index contributed by atoms with van der Waals surface area (Å²) in [5.41, 5.74) is 3.64. The van der Waals surface area contributed by atoms with E-state index in [0.717, 1.165) is 22.5 Å². The van der Waals surface area contributed by atoms with Crippen LogP contribution in [0.1, 0.15) is 44.5 Å². The highest BCUT2D eigenvalue weighted by Gasteiger charge is 2.32. The summed E-state index contributed by atoms with van der Waals surface area (Å²) in [7, 11) is 0. The van der Waals surface area contributed by atoms with Crippen molar-refractivity contribution in [3.05, 3.63) is 113 Å². The molecule has 0 unspecified atom stereocenters. The van der Waals surface area contributed by atoms with E-state index in [4.69, 9.17) is 26.2 Å². The third kappa shape index (κ3) is 9.28. The van der Waals surface area contributed by atoms with E-state index in [2.05, 4.69) is 16.2 Å². The molecule has 0 atom stereocenters. The number of hydrogen-bond acceptors (Lipinski definition) is 6. The van der Waals surface area contributed by atoms with Crippen molar-refractivity contribution >= 4 is 17.6 Å². The number of esters is 1. The first kappa shape index (κ1) is 33.5. The van der Waals surface area contributed by atoms with E-state index in [0.29, 0.717) is 41.7 Å². The van der Waals surface area contributed by atoms with Gasteiger partial charge >= 0.3 is 12.3 Å². The van der Waals surface area contributed by atoms with Crippen LogP contribution in [-0.4, -0.2) is 39.2 Å². The van der Waals surface area contributed by atoms with Gasteiger partial charge in [0.1, 0.15) is 11.5 Å². The van der Waals surface area contributed by atoms with Crippen molar-refractivity contribution in [2.45, 2.75) is 59.3 Å². The van der Waals surface area contributed by atoms with Gasteiger partial charge < -0.3 is 19.1 Å². The first-order valence-electron chi connectivity index (χ1n) is 14.3. The fourth-order valence-electron chi connectivity index (χ4n) is 4.53. The number of allylic oxidation sites excluding steroid dienone is 1. The zero-order valence-electron chi connectivity index (χ0n) is 25.5. The molecule has 4 rings (SSSR count). The number of carbonyl (C=O) groups excluding carboxylic acids is 1. The molecule has 0 amide bonds. The standard InChI is InChI=1S/C34H35ClF3N3O4/c1-6-43-32(42)33(4,5)45-31-17-12-25(18-29(31)35)20-40(23(2)3)22-27-19-30(39-41(27)21-24-10-8-7-9-11-24)26-13-15-28(16-14-26)44-34(36,37)38/h7-19H,2,6,20-22H2,1,3-5H3. The quantitative estimate of drug-likeness (QED) is 0.137. The summed E-state index contributed by atoms with van der Waals surface area (Å²) in [4.78, 5) is 14.3. The van der Waals surface area contributed by atoms with Crippen molar-refractivity contribution < 1.29 is 32.2 Å². The van der Waals surface area contributed by atoms with Crippen molar-refractivity contribution in [1.29, 1.82) is 0 Å². The highest BCUT2D eigenvalue weighted by molar-refractivity contribution is 6.32. The second kappa shape index (κ2) is 14.1. The van der Waals surface area contributed by atoms with Crippen LogP contribution in [0.3, 0.4) is 0 Å². The molecule has 0 radical (unpaired) electrons. The molecule has 7 nitrogen and oxygen atoms in total. The molecule has 11 heteroatoms. The molecule has 0 saturated carbocycles. The largest absolute Gasteiger partial charge is 0.573 e. The van der Waals surface area contributed by atoms with Gasteiger partial charge in [-0.05, 0) is 81.3 Å². The topological polar surface area (TPSA) is 65.8 Å². The van der Waals surface area contributed by atoms with E-state index in [1.54, 1.807) is 45.0 Å². The Morgan fingerprint density at radius 2 is 1.64 bits per heavy atom. The van der Waals surface area contributed by atoms with Crippen LogP contribution in [-0.2, 0) is 29.2 Å². The molecule has 238 valence electrons. The molecule has 4 aromatic rings. The first-order chi connectivity index (χ1) is 21.2. The minimum Gasteiger partial charge on any atom is -0.475 e. The van der Waals surface area contributed by atoms with E-state index in [1.807, 2.05) is 54.1 Å². The number of hydrogen-bond donors (Lipinski definition) is 0. The lowest BCUT2D eigenvalue weighted by Gasteiger charge is -2.27. The molecule has 0 saturated heterocycles. The Labute approximate surface area is 265 Å². The maximum absolute atomic E-state index is 12.7. The second-order valence-corrected chi connectivity index (χ2v) is 11.3. The lowest BCUT2D eigenvalue weighted by molar-refractivity contribution is -0.274. The van der Waals surface area contributed by atoms with Crippen LogP contribution in [0, 0.1) is 0 Å². The summed E-state index contributed by atoms with van der Waals surface area (Å²) in [6.07, 6.45) is -4.77. The molecule has 3 aromatic carbocycles. The maximum Gasteiger partial charge on any atom is 0.573 e. The van der Waals surface area contributed by atoms with Gasteiger partial charge in [0.15, 0.2) is 5.60 Å². The van der Waals surface area contributed by atoms with Crippen molar-refractivity contribution in [2.24, 2.45) is 0 Å². The SMILES string of the molecule is C=C(C)N(Cc1ccc(OC(C)(C)C(=O)OCC)c(Cl)c1)Cc1cc(-c2ccc(OC(F)(F)F)cc2)nn1Cc1ccccc1. The Bertz CT molecular complexity index is 1620. The Kier molecular flexibility index (Phi) is 10.5. The van der Waals surface area contributed by atoms with Crippen LogP contribution >= 0.6 is 11.6 Å². The lowest BCUT2D eigenvalue weighted by Crippen LogP contribution is -2.39. The van der Waals surface area contributed by atoms with Crippen LogP contribution < -0.4 is 9.47 Å². The molecular formula is C34H35ClF3N3O4. The predicted octanol–water partition coefficient (Wildman–Crippen LogP) is 8.41. The molecule has 45 heavy (non-hydrogen) atoms. The molecule has 1 heterocycles. The Morgan fingerprint density at radius 3 is 2.24 bits per heavy atom. The average Bonchev–Trinajstić information content (AvgIpc) is 3.36. The minimum atomic E-state index is -4.77. The van der Waals surface area contributed by atoms with Crippen LogP contribution in [0.25, 0.3) is 11.3 Å². The lowest BCUT2D eigenvalue weighted by atomic mass is 10.1. The monoisotopic (exact) mass is 641 g/mol. The third-order valence-corrected chi connectivity index (χ3v) is 7.11. The number of aromatic nitrogens is 2. The van der Waals surface area contributed by atoms with Crippen LogP contribution in [0.15, 0.2) is 91.1 Å². The van der Waals surface area contributed by atoms with Gasteiger partial charge in [0, 0.05) is 17.8 Å². The van der Waals surface area contributed by atoms with Gasteiger partial charge in [-0.2, -0.15) is 5.10 Å². The van der Waals surface area contributed by atoms with E-state index in [-0.39, 0.29) is 12.4 Å². The van der Waals surface area contributed by atoms with Crippen LogP contribution in [0.2, 0.25) is 5.02 Å². The van der Waals surface area contributed by atoms with Gasteiger partial charge in [0.2, 0.25) is 0 Å². The summed E-state index contributed by atoms with van der Waals surface area (Å²) in [5, 5.41) is 5.16. The van der Waals surface area contributed by atoms with Gasteiger partial charge in [0.05, 0.1) is 36.1 Å². The molecule has 0 aliphatic carbocycles. The highest BCUT2D eigenvalue weighted by atomic mass is 35.5. The fraction of sp³-hybridized carbons (Fsp3) is 0.294. The minimum absolute atomic E-state index is 0.240. The zero-order chi connectivity index (χ0) is 32.8. The molecular weight excluding hydrogens is 607 g/mol. The molecule has 0 bridgehead atoms. The number of nitrogens with zero attached hydrogens (tertiary/aromatic N) is 3. The van der Waals surface area contributed by atoms with Crippen molar-refractivity contribution in [1.82, 2.24) is 14.7 Å². The molecule has 0 aliphatic rings. The summed E-state index contributed by atoms with van der Waals surface area (Å²) in [6.45, 7) is 12.7. The Morgan fingerprint density at radius 1 is 0.956 bits per heavy atom. The molecule has 0 aliphatic heterocycles. The van der Waals surface area contributed by atoms with E-state index in [9.17, 15) is 18.0 Å². The third-order valence-electron chi connectivity index (χ3n) is 6.82. The smallest absolute Gasteiger partial charge is 0.475 e. The van der Waals surface area contributed by atoms with Gasteiger partial charge in [-0.15, -0.1) is 13.2 Å². The number of carbonyl (C=O) groups is 1. The first-order valence-corrected chi connectivity index (χ1v) is 14.6. The van der Waals surface area contributed by atoms with Crippen LogP contribution in [0.5, 0.6) is 11.5 Å². The van der Waals surface area contributed by atoms with Crippen molar-refractivity contribution in [3.8, 4) is 22.8 Å². The molecule has 0 N–H and O–H groups in total. The summed E-state index contributed by atoms with van der Waals surface area (Å²) in [5.74, 6) is -0.434.